The third-order valence-corrected chi connectivity index (χ3v) is 5.84. The Bertz CT molecular complexity index is 642. The van der Waals surface area contributed by atoms with E-state index in [1.165, 1.54) is 12.3 Å². The number of benzene rings is 1. The van der Waals surface area contributed by atoms with Crippen molar-refractivity contribution in [3.8, 4) is 0 Å². The van der Waals surface area contributed by atoms with Crippen LogP contribution < -0.4 is 5.32 Å². The number of nitrogens with zero attached hydrogens (tertiary/aromatic N) is 1. The summed E-state index contributed by atoms with van der Waals surface area (Å²) in [5.74, 6) is 0. The molecule has 0 bridgehead atoms. The van der Waals surface area contributed by atoms with Crippen molar-refractivity contribution >= 4 is 15.5 Å². The lowest BCUT2D eigenvalue weighted by Gasteiger charge is -2.20. The van der Waals surface area contributed by atoms with E-state index in [0.717, 1.165) is 18.4 Å². The zero-order valence-electron chi connectivity index (χ0n) is 12.2. The van der Waals surface area contributed by atoms with Crippen LogP contribution in [0.5, 0.6) is 0 Å². The van der Waals surface area contributed by atoms with Crippen molar-refractivity contribution in [2.45, 2.75) is 44.0 Å². The number of rotatable bonds is 5. The summed E-state index contributed by atoms with van der Waals surface area (Å²) in [5.41, 5.74) is 1.56. The Labute approximate surface area is 124 Å². The maximum atomic E-state index is 11.7. The van der Waals surface area contributed by atoms with Crippen molar-refractivity contribution in [3.63, 3.8) is 0 Å². The van der Waals surface area contributed by atoms with Crippen LogP contribution in [0, 0.1) is 17.0 Å². The highest BCUT2D eigenvalue weighted by Gasteiger charge is 2.34. The summed E-state index contributed by atoms with van der Waals surface area (Å²) in [6.45, 7) is 2.17. The number of hydrogen-bond donors (Lipinski definition) is 1. The fourth-order valence-electron chi connectivity index (χ4n) is 2.97. The second-order valence-corrected chi connectivity index (χ2v) is 7.87. The largest absolute Gasteiger partial charge is 0.309 e. The summed E-state index contributed by atoms with van der Waals surface area (Å²) in [4.78, 5) is 10.5. The predicted molar refractivity (Wildman–Crippen MR) is 80.9 cm³/mol. The topological polar surface area (TPSA) is 89.3 Å². The van der Waals surface area contributed by atoms with E-state index in [2.05, 4.69) is 5.32 Å². The first kappa shape index (κ1) is 15.9. The molecule has 0 spiro atoms. The molecule has 0 heterocycles. The fourth-order valence-corrected chi connectivity index (χ4v) is 4.40. The molecular weight excluding hydrogens is 292 g/mol. The minimum absolute atomic E-state index is 0.0707. The second kappa shape index (κ2) is 6.11. The molecule has 6 nitrogen and oxygen atoms in total. The highest BCUT2D eigenvalue weighted by atomic mass is 32.2. The quantitative estimate of drug-likeness (QED) is 0.663. The Morgan fingerprint density at radius 1 is 1.38 bits per heavy atom. The Balaban J connectivity index is 2.10. The maximum Gasteiger partial charge on any atom is 0.272 e. The molecule has 116 valence electrons. The smallest absolute Gasteiger partial charge is 0.272 e. The van der Waals surface area contributed by atoms with Gasteiger partial charge in [0.25, 0.3) is 5.69 Å². The van der Waals surface area contributed by atoms with Gasteiger partial charge in [-0.2, -0.15) is 0 Å². The van der Waals surface area contributed by atoms with Gasteiger partial charge in [0.15, 0.2) is 9.84 Å². The summed E-state index contributed by atoms with van der Waals surface area (Å²) in [6.07, 6.45) is 3.68. The summed E-state index contributed by atoms with van der Waals surface area (Å²) in [6, 6.07) is 4.90. The number of nitrogens with one attached hydrogen (secondary N) is 1. The Hall–Kier alpha value is -1.47. The predicted octanol–water partition coefficient (Wildman–Crippen LogP) is 1.96. The maximum absolute atomic E-state index is 11.7. The third kappa shape index (κ3) is 3.59. The first-order valence-corrected chi connectivity index (χ1v) is 8.91. The van der Waals surface area contributed by atoms with Gasteiger partial charge in [-0.25, -0.2) is 8.42 Å². The molecule has 1 aliphatic carbocycles. The normalized spacial score (nSPS) is 22.4. The molecule has 0 saturated heterocycles. The summed E-state index contributed by atoms with van der Waals surface area (Å²) in [7, 11) is -3.06. The van der Waals surface area contributed by atoms with Crippen LogP contribution in [-0.2, 0) is 16.4 Å². The van der Waals surface area contributed by atoms with E-state index in [1.54, 1.807) is 13.0 Å². The zero-order chi connectivity index (χ0) is 15.6. The van der Waals surface area contributed by atoms with Crippen LogP contribution in [0.4, 0.5) is 5.69 Å². The second-order valence-electron chi connectivity index (χ2n) is 5.60. The van der Waals surface area contributed by atoms with Crippen molar-refractivity contribution in [2.24, 2.45) is 0 Å². The molecule has 0 aliphatic heterocycles. The van der Waals surface area contributed by atoms with Crippen molar-refractivity contribution in [3.05, 3.63) is 39.4 Å². The first-order valence-electron chi connectivity index (χ1n) is 6.96. The lowest BCUT2D eigenvalue weighted by molar-refractivity contribution is -0.385. The molecule has 1 aromatic carbocycles. The average molecular weight is 312 g/mol. The van der Waals surface area contributed by atoms with E-state index >= 15 is 0 Å². The molecule has 0 radical (unpaired) electrons. The van der Waals surface area contributed by atoms with Crippen LogP contribution >= 0.6 is 0 Å². The molecule has 1 aromatic rings. The van der Waals surface area contributed by atoms with Crippen molar-refractivity contribution in [1.82, 2.24) is 5.32 Å². The average Bonchev–Trinajstić information content (AvgIpc) is 2.85. The molecule has 1 fully saturated rings. The van der Waals surface area contributed by atoms with Gasteiger partial charge in [0, 0.05) is 30.5 Å². The van der Waals surface area contributed by atoms with E-state index in [-0.39, 0.29) is 17.0 Å². The van der Waals surface area contributed by atoms with Gasteiger partial charge in [0.2, 0.25) is 0 Å². The molecule has 2 rings (SSSR count). The van der Waals surface area contributed by atoms with Crippen molar-refractivity contribution in [2.75, 3.05) is 6.26 Å². The van der Waals surface area contributed by atoms with E-state index in [4.69, 9.17) is 0 Å². The fraction of sp³-hybridized carbons (Fsp3) is 0.571. The highest BCUT2D eigenvalue weighted by Crippen LogP contribution is 2.26. The van der Waals surface area contributed by atoms with E-state index in [9.17, 15) is 18.5 Å². The van der Waals surface area contributed by atoms with Crippen LogP contribution in [0.2, 0.25) is 0 Å². The SMILES string of the molecule is Cc1c(CNC2CCCC2S(C)(=O)=O)cccc1[N+](=O)[O-]. The van der Waals surface area contributed by atoms with Gasteiger partial charge in [0.1, 0.15) is 0 Å². The lowest BCUT2D eigenvalue weighted by atomic mass is 10.1. The third-order valence-electron chi connectivity index (χ3n) is 4.17. The zero-order valence-corrected chi connectivity index (χ0v) is 13.0. The standard InChI is InChI=1S/C14H20N2O4S/c1-10-11(5-3-7-13(10)16(17)18)9-15-12-6-4-8-14(12)21(2,19)20/h3,5,7,12,14-15H,4,6,8-9H2,1-2H3. The van der Waals surface area contributed by atoms with Crippen LogP contribution in [0.25, 0.3) is 0 Å². The minimum atomic E-state index is -3.06. The summed E-state index contributed by atoms with van der Waals surface area (Å²) < 4.78 is 23.5. The first-order chi connectivity index (χ1) is 9.80. The highest BCUT2D eigenvalue weighted by molar-refractivity contribution is 7.91. The number of nitro benzene ring substituents is 1. The molecule has 1 N–H and O–H groups in total. The minimum Gasteiger partial charge on any atom is -0.309 e. The Kier molecular flexibility index (Phi) is 4.63. The van der Waals surface area contributed by atoms with Gasteiger partial charge in [0.05, 0.1) is 10.2 Å². The van der Waals surface area contributed by atoms with Crippen LogP contribution in [-0.4, -0.2) is 30.9 Å². The van der Waals surface area contributed by atoms with Gasteiger partial charge in [-0.3, -0.25) is 10.1 Å². The molecule has 1 aliphatic rings. The van der Waals surface area contributed by atoms with E-state index in [0.29, 0.717) is 18.5 Å². The Morgan fingerprint density at radius 2 is 2.10 bits per heavy atom. The molecule has 0 amide bonds. The van der Waals surface area contributed by atoms with Gasteiger partial charge >= 0.3 is 0 Å². The van der Waals surface area contributed by atoms with Crippen LogP contribution in [0.1, 0.15) is 30.4 Å². The van der Waals surface area contributed by atoms with E-state index in [1.807, 2.05) is 6.07 Å². The van der Waals surface area contributed by atoms with E-state index < -0.39 is 14.8 Å². The van der Waals surface area contributed by atoms with Crippen molar-refractivity contribution in [1.29, 1.82) is 0 Å². The number of sulfone groups is 1. The molecule has 2 unspecified atom stereocenters. The number of hydrogen-bond acceptors (Lipinski definition) is 5. The molecule has 21 heavy (non-hydrogen) atoms. The Morgan fingerprint density at radius 3 is 2.71 bits per heavy atom. The number of nitro groups is 1. The summed E-state index contributed by atoms with van der Waals surface area (Å²) >= 11 is 0. The van der Waals surface area contributed by atoms with Crippen LogP contribution in [0.15, 0.2) is 18.2 Å². The molecule has 1 saturated carbocycles. The van der Waals surface area contributed by atoms with Gasteiger partial charge in [-0.05, 0) is 25.3 Å². The van der Waals surface area contributed by atoms with Crippen molar-refractivity contribution < 1.29 is 13.3 Å². The molecule has 2 atom stereocenters. The molecule has 0 aromatic heterocycles. The molecule has 7 heteroatoms. The monoisotopic (exact) mass is 312 g/mol. The lowest BCUT2D eigenvalue weighted by Crippen LogP contribution is -2.39. The molecular formula is C14H20N2O4S. The van der Waals surface area contributed by atoms with Crippen LogP contribution in [0.3, 0.4) is 0 Å². The summed E-state index contributed by atoms with van der Waals surface area (Å²) in [5, 5.41) is 13.8. The van der Waals surface area contributed by atoms with Gasteiger partial charge in [-0.1, -0.05) is 18.6 Å². The van der Waals surface area contributed by atoms with Gasteiger partial charge < -0.3 is 5.32 Å². The van der Waals surface area contributed by atoms with Gasteiger partial charge in [-0.15, -0.1) is 0 Å².